The predicted octanol–water partition coefficient (Wildman–Crippen LogP) is 3.27. The lowest BCUT2D eigenvalue weighted by molar-refractivity contribution is -0.153. The lowest BCUT2D eigenvalue weighted by Crippen LogP contribution is -2.19. The second-order valence-electron chi connectivity index (χ2n) is 4.27. The van der Waals surface area contributed by atoms with Gasteiger partial charge in [-0.05, 0) is 19.1 Å². The van der Waals surface area contributed by atoms with Gasteiger partial charge < -0.3 is 10.1 Å². The van der Waals surface area contributed by atoms with Crippen molar-refractivity contribution in [2.75, 3.05) is 11.9 Å². The van der Waals surface area contributed by atoms with Gasteiger partial charge in [0, 0.05) is 17.8 Å². The Labute approximate surface area is 114 Å². The number of rotatable bonds is 5. The molecular weight excluding hydrogens is 271 g/mol. The average molecular weight is 285 g/mol. The minimum absolute atomic E-state index is 0.172. The van der Waals surface area contributed by atoms with Crippen LogP contribution in [0, 0.1) is 6.92 Å². The molecule has 20 heavy (non-hydrogen) atoms. The van der Waals surface area contributed by atoms with Crippen LogP contribution in [0.3, 0.4) is 0 Å². The molecule has 0 amide bonds. The Morgan fingerprint density at radius 3 is 2.70 bits per heavy atom. The number of alkyl halides is 3. The molecule has 0 saturated heterocycles. The maximum atomic E-state index is 12.2. The highest BCUT2D eigenvalue weighted by molar-refractivity contribution is 5.56. The number of anilines is 1. The number of hydrogen-bond donors (Lipinski definition) is 2. The van der Waals surface area contributed by atoms with Crippen molar-refractivity contribution < 1.29 is 17.9 Å². The Bertz CT molecular complexity index is 566. The molecule has 4 nitrogen and oxygen atoms in total. The fourth-order valence-corrected chi connectivity index (χ4v) is 1.64. The van der Waals surface area contributed by atoms with Gasteiger partial charge in [0.05, 0.1) is 11.9 Å². The first-order valence-electron chi connectivity index (χ1n) is 5.97. The molecule has 0 spiro atoms. The first-order valence-corrected chi connectivity index (χ1v) is 5.97. The number of benzene rings is 1. The summed E-state index contributed by atoms with van der Waals surface area (Å²) in [6.07, 6.45) is -2.68. The number of nitrogens with one attached hydrogen (secondary N) is 2. The highest BCUT2D eigenvalue weighted by atomic mass is 19.4. The van der Waals surface area contributed by atoms with Gasteiger partial charge in [0.15, 0.2) is 6.61 Å². The number of ether oxygens (including phenoxy) is 1. The van der Waals surface area contributed by atoms with E-state index in [1.54, 1.807) is 24.4 Å². The maximum absolute atomic E-state index is 12.2. The molecule has 108 valence electrons. The van der Waals surface area contributed by atoms with Crippen molar-refractivity contribution in [3.05, 3.63) is 41.7 Å². The summed E-state index contributed by atoms with van der Waals surface area (Å²) in [6.45, 7) is 1.02. The number of hydrogen-bond acceptors (Lipinski definition) is 3. The van der Waals surface area contributed by atoms with E-state index >= 15 is 0 Å². The quantitative estimate of drug-likeness (QED) is 0.886. The smallest absolute Gasteiger partial charge is 0.422 e. The first-order chi connectivity index (χ1) is 9.46. The van der Waals surface area contributed by atoms with Crippen LogP contribution in [0.1, 0.15) is 11.3 Å². The highest BCUT2D eigenvalue weighted by Crippen LogP contribution is 2.26. The molecule has 0 radical (unpaired) electrons. The Balaban J connectivity index is 2.02. The van der Waals surface area contributed by atoms with E-state index in [0.717, 1.165) is 11.3 Å². The molecule has 2 rings (SSSR count). The van der Waals surface area contributed by atoms with Crippen LogP contribution in [0.2, 0.25) is 0 Å². The molecule has 0 saturated carbocycles. The van der Waals surface area contributed by atoms with E-state index in [-0.39, 0.29) is 5.75 Å². The summed E-state index contributed by atoms with van der Waals surface area (Å²) < 4.78 is 41.3. The van der Waals surface area contributed by atoms with Gasteiger partial charge in [-0.3, -0.25) is 5.10 Å². The molecule has 0 atom stereocenters. The van der Waals surface area contributed by atoms with Gasteiger partial charge >= 0.3 is 6.18 Å². The van der Waals surface area contributed by atoms with Crippen LogP contribution in [0.4, 0.5) is 18.9 Å². The zero-order chi connectivity index (χ0) is 14.6. The third-order valence-electron chi connectivity index (χ3n) is 2.68. The lowest BCUT2D eigenvalue weighted by atomic mass is 10.2. The summed E-state index contributed by atoms with van der Waals surface area (Å²) in [5.74, 6) is 0.172. The fraction of sp³-hybridized carbons (Fsp3) is 0.308. The standard InChI is InChI=1S/C13H14F3N3O/c1-9-10(7-18-19-9)6-17-11-4-2-3-5-12(11)20-8-13(14,15)16/h2-5,7,17H,6,8H2,1H3,(H,18,19). The summed E-state index contributed by atoms with van der Waals surface area (Å²) in [4.78, 5) is 0. The van der Waals surface area contributed by atoms with Crippen LogP contribution < -0.4 is 10.1 Å². The van der Waals surface area contributed by atoms with Gasteiger partial charge in [-0.2, -0.15) is 18.3 Å². The van der Waals surface area contributed by atoms with Crippen LogP contribution in [-0.4, -0.2) is 23.0 Å². The summed E-state index contributed by atoms with van der Waals surface area (Å²) in [7, 11) is 0. The molecule has 1 heterocycles. The number of H-pyrrole nitrogens is 1. The van der Waals surface area contributed by atoms with Crippen LogP contribution in [-0.2, 0) is 6.54 Å². The molecule has 0 bridgehead atoms. The molecule has 0 unspecified atom stereocenters. The van der Waals surface area contributed by atoms with Crippen LogP contribution in [0.5, 0.6) is 5.75 Å². The Hall–Kier alpha value is -2.18. The topological polar surface area (TPSA) is 49.9 Å². The van der Waals surface area contributed by atoms with Gasteiger partial charge in [0.2, 0.25) is 0 Å². The minimum atomic E-state index is -4.35. The van der Waals surface area contributed by atoms with Crippen LogP contribution in [0.25, 0.3) is 0 Å². The molecule has 0 aliphatic carbocycles. The predicted molar refractivity (Wildman–Crippen MR) is 68.6 cm³/mol. The number of aromatic nitrogens is 2. The molecule has 1 aromatic carbocycles. The monoisotopic (exact) mass is 285 g/mol. The van der Waals surface area contributed by atoms with Gasteiger partial charge in [-0.25, -0.2) is 0 Å². The third kappa shape index (κ3) is 3.91. The molecular formula is C13H14F3N3O. The second-order valence-corrected chi connectivity index (χ2v) is 4.27. The average Bonchev–Trinajstić information content (AvgIpc) is 2.79. The number of halogens is 3. The van der Waals surface area contributed by atoms with Crippen molar-refractivity contribution in [2.45, 2.75) is 19.6 Å². The van der Waals surface area contributed by atoms with E-state index in [9.17, 15) is 13.2 Å². The molecule has 2 aromatic rings. The molecule has 0 aliphatic heterocycles. The van der Waals surface area contributed by atoms with E-state index in [0.29, 0.717) is 12.2 Å². The molecule has 1 aromatic heterocycles. The molecule has 7 heteroatoms. The molecule has 0 aliphatic rings. The number of aromatic amines is 1. The minimum Gasteiger partial charge on any atom is -0.482 e. The highest BCUT2D eigenvalue weighted by Gasteiger charge is 2.28. The van der Waals surface area contributed by atoms with Crippen molar-refractivity contribution in [3.63, 3.8) is 0 Å². The first kappa shape index (κ1) is 14.2. The second kappa shape index (κ2) is 5.85. The van der Waals surface area contributed by atoms with Gasteiger partial charge in [0.1, 0.15) is 5.75 Å². The largest absolute Gasteiger partial charge is 0.482 e. The molecule has 0 fully saturated rings. The summed E-state index contributed by atoms with van der Waals surface area (Å²) in [6, 6.07) is 6.52. The van der Waals surface area contributed by atoms with Crippen molar-refractivity contribution in [3.8, 4) is 5.75 Å². The summed E-state index contributed by atoms with van der Waals surface area (Å²) in [5, 5.41) is 9.71. The van der Waals surface area contributed by atoms with E-state index < -0.39 is 12.8 Å². The van der Waals surface area contributed by atoms with E-state index in [4.69, 9.17) is 4.74 Å². The van der Waals surface area contributed by atoms with Gasteiger partial charge in [-0.1, -0.05) is 12.1 Å². The van der Waals surface area contributed by atoms with Crippen molar-refractivity contribution in [1.82, 2.24) is 10.2 Å². The van der Waals surface area contributed by atoms with Crippen LogP contribution >= 0.6 is 0 Å². The van der Waals surface area contributed by atoms with Gasteiger partial charge in [-0.15, -0.1) is 0 Å². The molecule has 2 N–H and O–H groups in total. The van der Waals surface area contributed by atoms with E-state index in [1.807, 2.05) is 6.92 Å². The van der Waals surface area contributed by atoms with E-state index in [1.165, 1.54) is 6.07 Å². The fourth-order valence-electron chi connectivity index (χ4n) is 1.64. The Morgan fingerprint density at radius 1 is 1.30 bits per heavy atom. The summed E-state index contributed by atoms with van der Waals surface area (Å²) in [5.41, 5.74) is 2.36. The Kier molecular flexibility index (Phi) is 4.16. The lowest BCUT2D eigenvalue weighted by Gasteiger charge is -2.14. The Morgan fingerprint density at radius 2 is 2.05 bits per heavy atom. The third-order valence-corrected chi connectivity index (χ3v) is 2.68. The zero-order valence-corrected chi connectivity index (χ0v) is 10.8. The number of aryl methyl sites for hydroxylation is 1. The normalized spacial score (nSPS) is 11.4. The van der Waals surface area contributed by atoms with Crippen LogP contribution in [0.15, 0.2) is 30.5 Å². The SMILES string of the molecule is Cc1[nH]ncc1CNc1ccccc1OCC(F)(F)F. The zero-order valence-electron chi connectivity index (χ0n) is 10.8. The number of para-hydroxylation sites is 2. The number of nitrogens with zero attached hydrogens (tertiary/aromatic N) is 1. The maximum Gasteiger partial charge on any atom is 0.422 e. The summed E-state index contributed by atoms with van der Waals surface area (Å²) >= 11 is 0. The van der Waals surface area contributed by atoms with Crippen molar-refractivity contribution >= 4 is 5.69 Å². The van der Waals surface area contributed by atoms with Crippen molar-refractivity contribution in [2.24, 2.45) is 0 Å². The van der Waals surface area contributed by atoms with E-state index in [2.05, 4.69) is 15.5 Å². The van der Waals surface area contributed by atoms with Crippen molar-refractivity contribution in [1.29, 1.82) is 0 Å². The van der Waals surface area contributed by atoms with Gasteiger partial charge in [0.25, 0.3) is 0 Å².